The molecule has 0 aromatic heterocycles. The Morgan fingerprint density at radius 2 is 1.65 bits per heavy atom. The Morgan fingerprint density at radius 1 is 1.06 bits per heavy atom. The lowest BCUT2D eigenvalue weighted by atomic mass is 10.1. The number of nitrogens with one attached hydrogen (secondary N) is 1. The topological polar surface area (TPSA) is 104 Å². The summed E-state index contributed by atoms with van der Waals surface area (Å²) >= 11 is 0. The molecule has 0 aliphatic heterocycles. The van der Waals surface area contributed by atoms with Gasteiger partial charge in [0.25, 0.3) is 0 Å². The Kier molecular flexibility index (Phi) is 10.5. The number of aliphatic carboxylic acids is 1. The number of hydrogen-bond donors (Lipinski definition) is 2. The molecule has 7 nitrogen and oxygen atoms in total. The second kappa shape index (κ2) is 12.4. The molecule has 0 fully saturated rings. The Morgan fingerprint density at radius 3 is 2.12 bits per heavy atom. The van der Waals surface area contributed by atoms with Crippen LogP contribution in [0.15, 0.2) is 47.4 Å². The van der Waals surface area contributed by atoms with Crippen molar-refractivity contribution < 1.29 is 40.7 Å². The number of nitrogens with zero attached hydrogens (tertiary/aromatic N) is 1. The highest BCUT2D eigenvalue weighted by molar-refractivity contribution is 7.91. The third kappa shape index (κ3) is 9.00. The van der Waals surface area contributed by atoms with Gasteiger partial charge in [0.2, 0.25) is 5.91 Å². The van der Waals surface area contributed by atoms with E-state index in [2.05, 4.69) is 24.1 Å². The second-order valence-corrected chi connectivity index (χ2v) is 9.16. The molecule has 0 saturated heterocycles. The summed E-state index contributed by atoms with van der Waals surface area (Å²) in [7, 11) is -3.71. The zero-order chi connectivity index (χ0) is 26.1. The number of carbonyl (C=O) groups excluding carboxylic acids is 1. The van der Waals surface area contributed by atoms with Crippen LogP contribution in [0.25, 0.3) is 0 Å². The number of benzene rings is 2. The van der Waals surface area contributed by atoms with Crippen molar-refractivity contribution in [2.24, 2.45) is 0 Å². The number of hydrogen-bond acceptors (Lipinski definition) is 5. The Balaban J connectivity index is 0.000000718. The average molecular weight is 507 g/mol. The number of carboxylic acid groups (broad SMARTS) is 1. The van der Waals surface area contributed by atoms with Crippen molar-refractivity contribution in [2.45, 2.75) is 38.3 Å². The number of sulfone groups is 1. The van der Waals surface area contributed by atoms with E-state index in [9.17, 15) is 30.8 Å². The fourth-order valence-corrected chi connectivity index (χ4v) is 4.06. The molecule has 2 aromatic rings. The van der Waals surface area contributed by atoms with Crippen LogP contribution in [0, 0.1) is 12.7 Å². The highest BCUT2D eigenvalue weighted by Crippen LogP contribution is 2.23. The van der Waals surface area contributed by atoms with Crippen molar-refractivity contribution >= 4 is 33.1 Å². The number of carboxylic acids is 1. The Labute approximate surface area is 195 Å². The molecule has 0 aliphatic carbocycles. The number of alkyl halides is 3. The molecule has 2 N–H and O–H groups in total. The maximum Gasteiger partial charge on any atom is 0.490 e. The standard InChI is InChI=1S/C20H25FN2O3S.C2HF3O2/c1-4-23(5-2)17-9-10-19(15(3)13-17)22-20(24)11-12-27(25,26)18-8-6-7-16(21)14-18;3-2(4,5)1(6)7/h6-10,13-14H,4-5,11-12H2,1-3H3,(H,22,24);(H,6,7). The van der Waals surface area contributed by atoms with Gasteiger partial charge in [-0.3, -0.25) is 4.79 Å². The van der Waals surface area contributed by atoms with Gasteiger partial charge in [0.05, 0.1) is 10.6 Å². The Hall–Kier alpha value is -3.15. The zero-order valence-electron chi connectivity index (χ0n) is 18.8. The molecular weight excluding hydrogens is 480 g/mol. The maximum atomic E-state index is 13.2. The van der Waals surface area contributed by atoms with Gasteiger partial charge in [-0.1, -0.05) is 6.07 Å². The minimum absolute atomic E-state index is 0.116. The minimum atomic E-state index is -5.08. The van der Waals surface area contributed by atoms with Gasteiger partial charge < -0.3 is 15.3 Å². The van der Waals surface area contributed by atoms with Crippen molar-refractivity contribution in [1.82, 2.24) is 0 Å². The van der Waals surface area contributed by atoms with E-state index in [1.807, 2.05) is 25.1 Å². The van der Waals surface area contributed by atoms with E-state index in [-0.39, 0.29) is 17.1 Å². The molecule has 34 heavy (non-hydrogen) atoms. The van der Waals surface area contributed by atoms with Crippen LogP contribution in [0.2, 0.25) is 0 Å². The summed E-state index contributed by atoms with van der Waals surface area (Å²) in [5, 5.41) is 9.88. The van der Waals surface area contributed by atoms with Crippen molar-refractivity contribution in [1.29, 1.82) is 0 Å². The lowest BCUT2D eigenvalue weighted by molar-refractivity contribution is -0.192. The number of aryl methyl sites for hydroxylation is 1. The van der Waals surface area contributed by atoms with Crippen LogP contribution >= 0.6 is 0 Å². The van der Waals surface area contributed by atoms with E-state index in [0.29, 0.717) is 5.69 Å². The average Bonchev–Trinajstić information content (AvgIpc) is 2.75. The van der Waals surface area contributed by atoms with Gasteiger partial charge in [-0.2, -0.15) is 13.2 Å². The molecule has 0 saturated carbocycles. The normalized spacial score (nSPS) is 11.3. The lowest BCUT2D eigenvalue weighted by Crippen LogP contribution is -2.22. The van der Waals surface area contributed by atoms with E-state index >= 15 is 0 Å². The van der Waals surface area contributed by atoms with Gasteiger partial charge in [-0.25, -0.2) is 17.6 Å². The fourth-order valence-electron chi connectivity index (χ4n) is 2.79. The van der Waals surface area contributed by atoms with Crippen molar-refractivity contribution in [3.8, 4) is 0 Å². The molecule has 1 amide bonds. The molecule has 12 heteroatoms. The molecule has 0 aliphatic rings. The molecule has 2 rings (SSSR count). The van der Waals surface area contributed by atoms with Gasteiger partial charge in [-0.15, -0.1) is 0 Å². The molecule has 0 bridgehead atoms. The lowest BCUT2D eigenvalue weighted by Gasteiger charge is -2.22. The van der Waals surface area contributed by atoms with Crippen molar-refractivity contribution in [2.75, 3.05) is 29.1 Å². The third-order valence-corrected chi connectivity index (χ3v) is 6.32. The van der Waals surface area contributed by atoms with E-state index in [1.165, 1.54) is 18.2 Å². The summed E-state index contributed by atoms with van der Waals surface area (Å²) in [6.07, 6.45) is -5.28. The number of rotatable bonds is 8. The summed E-state index contributed by atoms with van der Waals surface area (Å²) in [4.78, 5) is 23.2. The van der Waals surface area contributed by atoms with E-state index < -0.39 is 33.7 Å². The van der Waals surface area contributed by atoms with Crippen molar-refractivity contribution in [3.05, 3.63) is 53.8 Å². The summed E-state index contributed by atoms with van der Waals surface area (Å²) in [5.41, 5.74) is 2.63. The number of amides is 1. The van der Waals surface area contributed by atoms with Crippen LogP contribution in [0.3, 0.4) is 0 Å². The molecular formula is C22H26F4N2O5S. The monoisotopic (exact) mass is 506 g/mol. The molecule has 0 atom stereocenters. The van der Waals surface area contributed by atoms with Crippen LogP contribution in [-0.2, 0) is 19.4 Å². The largest absolute Gasteiger partial charge is 0.490 e. The first-order valence-electron chi connectivity index (χ1n) is 10.1. The summed E-state index contributed by atoms with van der Waals surface area (Å²) < 4.78 is 69.4. The van der Waals surface area contributed by atoms with Crippen molar-refractivity contribution in [3.63, 3.8) is 0 Å². The molecule has 0 heterocycles. The maximum absolute atomic E-state index is 13.2. The van der Waals surface area contributed by atoms with Crippen LogP contribution in [0.1, 0.15) is 25.8 Å². The Bertz CT molecular complexity index is 1100. The minimum Gasteiger partial charge on any atom is -0.475 e. The SMILES string of the molecule is CCN(CC)c1ccc(NC(=O)CCS(=O)(=O)c2cccc(F)c2)c(C)c1.O=C(O)C(F)(F)F. The summed E-state index contributed by atoms with van der Waals surface area (Å²) in [6, 6.07) is 10.5. The summed E-state index contributed by atoms with van der Waals surface area (Å²) in [5.74, 6) is -4.15. The number of anilines is 2. The number of carbonyl (C=O) groups is 2. The smallest absolute Gasteiger partial charge is 0.475 e. The van der Waals surface area contributed by atoms with Gasteiger partial charge in [0, 0.05) is 30.9 Å². The van der Waals surface area contributed by atoms with Gasteiger partial charge in [-0.05, 0) is 62.7 Å². The van der Waals surface area contributed by atoms with Gasteiger partial charge in [0.1, 0.15) is 5.82 Å². The second-order valence-electron chi connectivity index (χ2n) is 7.05. The molecule has 0 radical (unpaired) electrons. The van der Waals surface area contributed by atoms with E-state index in [0.717, 1.165) is 30.4 Å². The summed E-state index contributed by atoms with van der Waals surface area (Å²) in [6.45, 7) is 7.83. The number of halogens is 4. The third-order valence-electron chi connectivity index (χ3n) is 4.61. The van der Waals surface area contributed by atoms with Gasteiger partial charge >= 0.3 is 12.1 Å². The molecule has 2 aromatic carbocycles. The van der Waals surface area contributed by atoms with Crippen LogP contribution in [0.4, 0.5) is 28.9 Å². The highest BCUT2D eigenvalue weighted by Gasteiger charge is 2.38. The van der Waals surface area contributed by atoms with Crippen LogP contribution in [-0.4, -0.2) is 50.4 Å². The fraction of sp³-hybridized carbons (Fsp3) is 0.364. The van der Waals surface area contributed by atoms with Crippen LogP contribution < -0.4 is 10.2 Å². The van der Waals surface area contributed by atoms with E-state index in [1.54, 1.807) is 0 Å². The van der Waals surface area contributed by atoms with E-state index in [4.69, 9.17) is 9.90 Å². The first-order chi connectivity index (χ1) is 15.7. The zero-order valence-corrected chi connectivity index (χ0v) is 19.6. The van der Waals surface area contributed by atoms with Crippen LogP contribution in [0.5, 0.6) is 0 Å². The first kappa shape index (κ1) is 28.9. The predicted octanol–water partition coefficient (Wildman–Crippen LogP) is 4.42. The molecule has 188 valence electrons. The highest BCUT2D eigenvalue weighted by atomic mass is 32.2. The molecule has 0 spiro atoms. The quantitative estimate of drug-likeness (QED) is 0.514. The molecule has 0 unspecified atom stereocenters. The van der Waals surface area contributed by atoms with Gasteiger partial charge in [0.15, 0.2) is 9.84 Å². The predicted molar refractivity (Wildman–Crippen MR) is 120 cm³/mol. The first-order valence-corrected chi connectivity index (χ1v) is 11.8.